The normalized spacial score (nSPS) is 15.6. The molecule has 5 nitrogen and oxygen atoms in total. The summed E-state index contributed by atoms with van der Waals surface area (Å²) < 4.78 is 30.2. The minimum atomic E-state index is -2.52. The van der Waals surface area contributed by atoms with Gasteiger partial charge in [0.05, 0.1) is 18.9 Å². The van der Waals surface area contributed by atoms with E-state index in [1.165, 1.54) is 0 Å². The fraction of sp³-hybridized carbons (Fsp3) is 0.533. The molecule has 1 aromatic rings. The molecule has 1 aliphatic heterocycles. The van der Waals surface area contributed by atoms with Crippen LogP contribution in [0.4, 0.5) is 19.3 Å². The average Bonchev–Trinajstić information content (AvgIpc) is 2.54. The molecule has 0 unspecified atom stereocenters. The van der Waals surface area contributed by atoms with Gasteiger partial charge in [0, 0.05) is 24.5 Å². The predicted molar refractivity (Wildman–Crippen MR) is 87.2 cm³/mol. The Hall–Kier alpha value is -1.38. The van der Waals surface area contributed by atoms with E-state index < -0.39 is 5.76 Å². The Balaban J connectivity index is 1.70. The molecule has 0 radical (unpaired) electrons. The van der Waals surface area contributed by atoms with Gasteiger partial charge >= 0.3 is 6.03 Å². The first-order valence-corrected chi connectivity index (χ1v) is 8.42. The number of morpholine rings is 1. The van der Waals surface area contributed by atoms with Gasteiger partial charge in [-0.1, -0.05) is 23.9 Å². The third-order valence-corrected chi connectivity index (χ3v) is 4.18. The first-order valence-electron chi connectivity index (χ1n) is 7.54. The van der Waals surface area contributed by atoms with Crippen LogP contribution in [0.15, 0.2) is 29.2 Å². The van der Waals surface area contributed by atoms with Crippen molar-refractivity contribution in [3.63, 3.8) is 0 Å². The van der Waals surface area contributed by atoms with Crippen molar-refractivity contribution in [3.8, 4) is 0 Å². The average molecular weight is 345 g/mol. The van der Waals surface area contributed by atoms with Crippen molar-refractivity contribution in [1.29, 1.82) is 0 Å². The number of hydrogen-bond acceptors (Lipinski definition) is 4. The molecule has 23 heavy (non-hydrogen) atoms. The topological polar surface area (TPSA) is 53.6 Å². The van der Waals surface area contributed by atoms with Crippen LogP contribution >= 0.6 is 11.8 Å². The number of nitrogens with one attached hydrogen (secondary N) is 2. The largest absolute Gasteiger partial charge is 0.379 e. The van der Waals surface area contributed by atoms with Gasteiger partial charge in [-0.15, -0.1) is 0 Å². The minimum absolute atomic E-state index is 0.353. The fourth-order valence-corrected chi connectivity index (χ4v) is 2.86. The van der Waals surface area contributed by atoms with E-state index in [0.717, 1.165) is 39.3 Å². The van der Waals surface area contributed by atoms with Crippen LogP contribution in [0.1, 0.15) is 6.42 Å². The van der Waals surface area contributed by atoms with E-state index >= 15 is 0 Å². The van der Waals surface area contributed by atoms with Gasteiger partial charge in [-0.05, 0) is 25.1 Å². The number of para-hydroxylation sites is 1. The van der Waals surface area contributed by atoms with E-state index in [0.29, 0.717) is 28.9 Å². The van der Waals surface area contributed by atoms with Crippen molar-refractivity contribution in [2.45, 2.75) is 17.1 Å². The summed E-state index contributed by atoms with van der Waals surface area (Å²) in [5.41, 5.74) is 0.392. The number of anilines is 1. The number of carbonyl (C=O) groups excluding carboxylic acids is 1. The van der Waals surface area contributed by atoms with Crippen molar-refractivity contribution in [2.24, 2.45) is 0 Å². The first kappa shape index (κ1) is 18.0. The lowest BCUT2D eigenvalue weighted by atomic mass is 10.3. The van der Waals surface area contributed by atoms with Crippen LogP contribution in [0.2, 0.25) is 0 Å². The van der Waals surface area contributed by atoms with E-state index in [9.17, 15) is 13.6 Å². The van der Waals surface area contributed by atoms with Crippen LogP contribution in [0.25, 0.3) is 0 Å². The second kappa shape index (κ2) is 9.69. The molecule has 2 amide bonds. The van der Waals surface area contributed by atoms with Gasteiger partial charge in [-0.3, -0.25) is 4.90 Å². The van der Waals surface area contributed by atoms with Crippen LogP contribution in [-0.2, 0) is 4.74 Å². The summed E-state index contributed by atoms with van der Waals surface area (Å²) >= 11 is 0.420. The lowest BCUT2D eigenvalue weighted by molar-refractivity contribution is 0.0375. The number of urea groups is 1. The summed E-state index contributed by atoms with van der Waals surface area (Å²) in [6, 6.07) is 6.15. The standard InChI is InChI=1S/C15H21F2N3O2S/c16-14(17)23-13-5-2-1-4-12(13)19-15(21)18-6-3-7-20-8-10-22-11-9-20/h1-2,4-5,14H,3,6-11H2,(H2,18,19,21). The summed E-state index contributed by atoms with van der Waals surface area (Å²) in [6.07, 6.45) is 0.834. The molecule has 0 spiro atoms. The SMILES string of the molecule is O=C(NCCCN1CCOCC1)Nc1ccccc1SC(F)F. The van der Waals surface area contributed by atoms with E-state index in [4.69, 9.17) is 4.74 Å². The predicted octanol–water partition coefficient (Wildman–Crippen LogP) is 2.85. The highest BCUT2D eigenvalue weighted by Crippen LogP contribution is 2.31. The Morgan fingerprint density at radius 2 is 2.04 bits per heavy atom. The van der Waals surface area contributed by atoms with Crippen LogP contribution in [-0.4, -0.2) is 56.1 Å². The maximum Gasteiger partial charge on any atom is 0.319 e. The maximum absolute atomic E-state index is 12.5. The number of nitrogens with zero attached hydrogens (tertiary/aromatic N) is 1. The van der Waals surface area contributed by atoms with Gasteiger partial charge in [0.15, 0.2) is 0 Å². The second-order valence-corrected chi connectivity index (χ2v) is 6.10. The molecule has 1 saturated heterocycles. The van der Waals surface area contributed by atoms with Crippen molar-refractivity contribution in [1.82, 2.24) is 10.2 Å². The molecule has 8 heteroatoms. The molecule has 1 fully saturated rings. The van der Waals surface area contributed by atoms with Gasteiger partial charge in [0.2, 0.25) is 0 Å². The molecule has 1 aromatic carbocycles. The molecule has 0 saturated carbocycles. The third kappa shape index (κ3) is 6.72. The summed E-state index contributed by atoms with van der Waals surface area (Å²) in [7, 11) is 0. The van der Waals surface area contributed by atoms with Gasteiger partial charge in [0.25, 0.3) is 5.76 Å². The number of amides is 2. The lowest BCUT2D eigenvalue weighted by Crippen LogP contribution is -2.38. The van der Waals surface area contributed by atoms with Gasteiger partial charge < -0.3 is 15.4 Å². The summed E-state index contributed by atoms with van der Waals surface area (Å²) in [5, 5.41) is 5.36. The number of benzene rings is 1. The zero-order chi connectivity index (χ0) is 16.5. The number of halogens is 2. The Kier molecular flexibility index (Phi) is 7.57. The van der Waals surface area contributed by atoms with Crippen molar-refractivity contribution in [2.75, 3.05) is 44.7 Å². The number of ether oxygens (including phenoxy) is 1. The van der Waals surface area contributed by atoms with Crippen LogP contribution in [0.3, 0.4) is 0 Å². The lowest BCUT2D eigenvalue weighted by Gasteiger charge is -2.26. The summed E-state index contributed by atoms with van der Waals surface area (Å²) in [6.45, 7) is 4.79. The van der Waals surface area contributed by atoms with Crippen molar-refractivity contribution < 1.29 is 18.3 Å². The van der Waals surface area contributed by atoms with Gasteiger partial charge in [-0.25, -0.2) is 4.79 Å². The molecule has 0 aromatic heterocycles. The molecule has 1 heterocycles. The maximum atomic E-state index is 12.5. The zero-order valence-electron chi connectivity index (χ0n) is 12.8. The molecular formula is C15H21F2N3O2S. The molecule has 1 aliphatic rings. The smallest absolute Gasteiger partial charge is 0.319 e. The zero-order valence-corrected chi connectivity index (χ0v) is 13.6. The quantitative estimate of drug-likeness (QED) is 0.589. The van der Waals surface area contributed by atoms with Crippen molar-refractivity contribution >= 4 is 23.5 Å². The molecule has 0 aliphatic carbocycles. The van der Waals surface area contributed by atoms with Crippen molar-refractivity contribution in [3.05, 3.63) is 24.3 Å². The van der Waals surface area contributed by atoms with E-state index in [-0.39, 0.29) is 6.03 Å². The van der Waals surface area contributed by atoms with Crippen LogP contribution in [0.5, 0.6) is 0 Å². The van der Waals surface area contributed by atoms with E-state index in [2.05, 4.69) is 15.5 Å². The van der Waals surface area contributed by atoms with Crippen LogP contribution < -0.4 is 10.6 Å². The minimum Gasteiger partial charge on any atom is -0.379 e. The summed E-state index contributed by atoms with van der Waals surface area (Å²) in [4.78, 5) is 14.5. The Morgan fingerprint density at radius 3 is 2.78 bits per heavy atom. The number of rotatable bonds is 7. The van der Waals surface area contributed by atoms with E-state index in [1.54, 1.807) is 24.3 Å². The summed E-state index contributed by atoms with van der Waals surface area (Å²) in [5.74, 6) is -2.52. The first-order chi connectivity index (χ1) is 11.1. The highest BCUT2D eigenvalue weighted by atomic mass is 32.2. The monoisotopic (exact) mass is 345 g/mol. The Bertz CT molecular complexity index is 499. The Morgan fingerprint density at radius 1 is 1.30 bits per heavy atom. The molecule has 0 bridgehead atoms. The fourth-order valence-electron chi connectivity index (χ4n) is 2.26. The van der Waals surface area contributed by atoms with Crippen LogP contribution in [0, 0.1) is 0 Å². The number of hydrogen-bond donors (Lipinski definition) is 2. The molecular weight excluding hydrogens is 324 g/mol. The third-order valence-electron chi connectivity index (χ3n) is 3.39. The number of carbonyl (C=O) groups is 1. The van der Waals surface area contributed by atoms with Gasteiger partial charge in [0.1, 0.15) is 0 Å². The number of thioether (sulfide) groups is 1. The number of alkyl halides is 2. The molecule has 2 N–H and O–H groups in total. The van der Waals surface area contributed by atoms with E-state index in [1.807, 2.05) is 0 Å². The second-order valence-electron chi connectivity index (χ2n) is 5.06. The van der Waals surface area contributed by atoms with Gasteiger partial charge in [-0.2, -0.15) is 8.78 Å². The molecule has 0 atom stereocenters. The Labute approximate surface area is 138 Å². The highest BCUT2D eigenvalue weighted by molar-refractivity contribution is 7.99. The highest BCUT2D eigenvalue weighted by Gasteiger charge is 2.12. The molecule has 128 valence electrons. The molecule has 2 rings (SSSR count).